The van der Waals surface area contributed by atoms with Crippen molar-refractivity contribution in [3.63, 3.8) is 0 Å². The van der Waals surface area contributed by atoms with E-state index in [1.807, 2.05) is 13.0 Å². The molecule has 1 saturated heterocycles. The summed E-state index contributed by atoms with van der Waals surface area (Å²) < 4.78 is 20.1. The third-order valence-corrected chi connectivity index (χ3v) is 7.11. The first kappa shape index (κ1) is 23.1. The number of carbonyl (C=O) groups is 1. The third-order valence-electron chi connectivity index (χ3n) is 6.48. The van der Waals surface area contributed by atoms with Crippen molar-refractivity contribution in [3.05, 3.63) is 68.7 Å². The molecule has 168 valence electrons. The van der Waals surface area contributed by atoms with Crippen molar-refractivity contribution >= 4 is 29.2 Å². The molecule has 0 bridgehead atoms. The van der Waals surface area contributed by atoms with Crippen molar-refractivity contribution in [2.24, 2.45) is 0 Å². The Morgan fingerprint density at radius 2 is 2.00 bits per heavy atom. The summed E-state index contributed by atoms with van der Waals surface area (Å²) in [6.45, 7) is 4.44. The molecule has 3 nitrogen and oxygen atoms in total. The van der Waals surface area contributed by atoms with Gasteiger partial charge in [-0.2, -0.15) is 0 Å². The maximum Gasteiger partial charge on any atom is 0.343 e. The molecule has 3 atom stereocenters. The second kappa shape index (κ2) is 9.43. The number of benzene rings is 2. The first-order valence-electron chi connectivity index (χ1n) is 11.0. The van der Waals surface area contributed by atoms with Crippen LogP contribution in [-0.4, -0.2) is 35.7 Å². The Hall–Kier alpha value is -2.06. The van der Waals surface area contributed by atoms with E-state index in [0.29, 0.717) is 22.2 Å². The zero-order valence-electron chi connectivity index (χ0n) is 18.3. The number of ether oxygens (including phenoxy) is 1. The number of esters is 1. The molecule has 1 aliphatic carbocycles. The Bertz CT molecular complexity index is 1070. The first-order chi connectivity index (χ1) is 15.3. The maximum absolute atomic E-state index is 15.2. The fourth-order valence-corrected chi connectivity index (χ4v) is 5.38. The second-order valence-corrected chi connectivity index (χ2v) is 9.36. The summed E-state index contributed by atoms with van der Waals surface area (Å²) in [5, 5.41) is 1.08. The minimum atomic E-state index is -1.88. The van der Waals surface area contributed by atoms with E-state index in [0.717, 1.165) is 18.4 Å². The van der Waals surface area contributed by atoms with Crippen LogP contribution in [-0.2, 0) is 16.0 Å². The molecule has 1 aliphatic heterocycles. The predicted octanol–water partition coefficient (Wildman–Crippen LogP) is 6.14. The smallest absolute Gasteiger partial charge is 0.343 e. The predicted molar refractivity (Wildman–Crippen MR) is 126 cm³/mol. The van der Waals surface area contributed by atoms with Gasteiger partial charge in [0.1, 0.15) is 0 Å². The molecule has 0 spiro atoms. The van der Waals surface area contributed by atoms with E-state index >= 15 is 4.39 Å². The van der Waals surface area contributed by atoms with E-state index in [2.05, 4.69) is 28.9 Å². The molecule has 0 radical (unpaired) electrons. The molecule has 2 aromatic carbocycles. The zero-order valence-corrected chi connectivity index (χ0v) is 19.8. The van der Waals surface area contributed by atoms with Crippen molar-refractivity contribution in [2.45, 2.75) is 57.3 Å². The molecule has 0 N–H and O–H groups in total. The summed E-state index contributed by atoms with van der Waals surface area (Å²) in [4.78, 5) is 14.4. The summed E-state index contributed by atoms with van der Waals surface area (Å²) in [6, 6.07) is 11.8. The van der Waals surface area contributed by atoms with E-state index in [-0.39, 0.29) is 31.5 Å². The minimum Gasteiger partial charge on any atom is -0.464 e. The monoisotopic (exact) mass is 473 g/mol. The molecule has 0 amide bonds. The Balaban J connectivity index is 1.50. The molecule has 32 heavy (non-hydrogen) atoms. The lowest BCUT2D eigenvalue weighted by Gasteiger charge is -2.43. The Morgan fingerprint density at radius 1 is 1.25 bits per heavy atom. The molecule has 0 aromatic heterocycles. The molecule has 1 heterocycles. The van der Waals surface area contributed by atoms with Crippen LogP contribution in [0.2, 0.25) is 10.0 Å². The lowest BCUT2D eigenvalue weighted by molar-refractivity contribution is -0.163. The number of piperidine rings is 1. The van der Waals surface area contributed by atoms with Crippen LogP contribution in [0.5, 0.6) is 0 Å². The maximum atomic E-state index is 15.2. The van der Waals surface area contributed by atoms with Crippen LogP contribution in [0.3, 0.4) is 0 Å². The third kappa shape index (κ3) is 4.53. The Labute approximate surface area is 198 Å². The van der Waals surface area contributed by atoms with Crippen LogP contribution >= 0.6 is 23.2 Å². The SMILES string of the molecule is CCOC(=O)C1(F)CCN(C2CCc3cc(C#Cc4c(Cl)cccc4Cl)ccc32)C(C)C1. The topological polar surface area (TPSA) is 29.5 Å². The van der Waals surface area contributed by atoms with Gasteiger partial charge in [0.2, 0.25) is 5.67 Å². The molecule has 6 heteroatoms. The lowest BCUT2D eigenvalue weighted by atomic mass is 9.87. The van der Waals surface area contributed by atoms with Gasteiger partial charge < -0.3 is 4.74 Å². The summed E-state index contributed by atoms with van der Waals surface area (Å²) in [5.41, 5.74) is 2.19. The fraction of sp³-hybridized carbons (Fsp3) is 0.423. The second-order valence-electron chi connectivity index (χ2n) is 8.54. The summed E-state index contributed by atoms with van der Waals surface area (Å²) in [5.74, 6) is 5.55. The molecular formula is C26H26Cl2FNO2. The number of aryl methyl sites for hydroxylation is 1. The average Bonchev–Trinajstić information content (AvgIpc) is 3.16. The standard InChI is InChI=1S/C26H26Cl2FNO2/c1-3-32-25(31)26(29)13-14-30(17(2)16-26)24-12-9-19-15-18(7-10-20(19)24)8-11-21-22(27)5-4-6-23(21)28/h4-7,10,15,17,24H,3,9,12-14,16H2,1-2H3. The number of alkyl halides is 1. The van der Waals surface area contributed by atoms with Crippen LogP contribution < -0.4 is 0 Å². The lowest BCUT2D eigenvalue weighted by Crippen LogP contribution is -2.52. The van der Waals surface area contributed by atoms with Gasteiger partial charge in [-0.15, -0.1) is 0 Å². The normalized spacial score (nSPS) is 25.0. The van der Waals surface area contributed by atoms with Gasteiger partial charge in [0, 0.05) is 37.0 Å². The van der Waals surface area contributed by atoms with Gasteiger partial charge >= 0.3 is 5.97 Å². The quantitative estimate of drug-likeness (QED) is 0.396. The van der Waals surface area contributed by atoms with Crippen molar-refractivity contribution in [1.82, 2.24) is 4.90 Å². The highest BCUT2D eigenvalue weighted by Crippen LogP contribution is 2.42. The average molecular weight is 474 g/mol. The van der Waals surface area contributed by atoms with Gasteiger partial charge in [0.25, 0.3) is 0 Å². The van der Waals surface area contributed by atoms with E-state index in [1.54, 1.807) is 25.1 Å². The largest absolute Gasteiger partial charge is 0.464 e. The van der Waals surface area contributed by atoms with Crippen molar-refractivity contribution in [1.29, 1.82) is 0 Å². The van der Waals surface area contributed by atoms with Crippen LogP contribution in [0.15, 0.2) is 36.4 Å². The molecule has 4 rings (SSSR count). The Kier molecular flexibility index (Phi) is 6.81. The van der Waals surface area contributed by atoms with E-state index in [9.17, 15) is 4.79 Å². The number of halogens is 3. The number of rotatable bonds is 3. The molecular weight excluding hydrogens is 448 g/mol. The van der Waals surface area contributed by atoms with E-state index < -0.39 is 11.6 Å². The number of nitrogens with zero attached hydrogens (tertiary/aromatic N) is 1. The van der Waals surface area contributed by atoms with E-state index in [1.165, 1.54) is 11.1 Å². The molecule has 0 saturated carbocycles. The number of likely N-dealkylation sites (tertiary alicyclic amines) is 1. The van der Waals surface area contributed by atoms with Crippen LogP contribution in [0, 0.1) is 11.8 Å². The highest BCUT2D eigenvalue weighted by molar-refractivity contribution is 6.36. The number of hydrogen-bond acceptors (Lipinski definition) is 3. The minimum absolute atomic E-state index is 0.0454. The first-order valence-corrected chi connectivity index (χ1v) is 11.8. The Morgan fingerprint density at radius 3 is 2.69 bits per heavy atom. The van der Waals surface area contributed by atoms with Gasteiger partial charge in [-0.25, -0.2) is 9.18 Å². The van der Waals surface area contributed by atoms with Crippen LogP contribution in [0.4, 0.5) is 4.39 Å². The van der Waals surface area contributed by atoms with Crippen molar-refractivity contribution < 1.29 is 13.9 Å². The van der Waals surface area contributed by atoms with Gasteiger partial charge in [0.05, 0.1) is 22.2 Å². The van der Waals surface area contributed by atoms with Crippen LogP contribution in [0.25, 0.3) is 0 Å². The van der Waals surface area contributed by atoms with Gasteiger partial charge in [0.15, 0.2) is 0 Å². The summed E-state index contributed by atoms with van der Waals surface area (Å²) >= 11 is 12.4. The van der Waals surface area contributed by atoms with Gasteiger partial charge in [-0.1, -0.05) is 47.2 Å². The van der Waals surface area contributed by atoms with Crippen molar-refractivity contribution in [3.8, 4) is 11.8 Å². The van der Waals surface area contributed by atoms with E-state index in [4.69, 9.17) is 27.9 Å². The van der Waals surface area contributed by atoms with Gasteiger partial charge in [-0.3, -0.25) is 4.90 Å². The summed E-state index contributed by atoms with van der Waals surface area (Å²) in [7, 11) is 0. The fourth-order valence-electron chi connectivity index (χ4n) is 4.89. The molecule has 2 aliphatic rings. The molecule has 3 unspecified atom stereocenters. The zero-order chi connectivity index (χ0) is 22.9. The van der Waals surface area contributed by atoms with Crippen molar-refractivity contribution in [2.75, 3.05) is 13.2 Å². The highest BCUT2D eigenvalue weighted by atomic mass is 35.5. The highest BCUT2D eigenvalue weighted by Gasteiger charge is 2.47. The molecule has 2 aromatic rings. The summed E-state index contributed by atoms with van der Waals surface area (Å²) in [6.07, 6.45) is 2.26. The number of carbonyl (C=O) groups excluding carboxylic acids is 1. The van der Waals surface area contributed by atoms with Gasteiger partial charge in [-0.05, 0) is 62.1 Å². The number of fused-ring (bicyclic) bond motifs is 1. The van der Waals surface area contributed by atoms with Crippen LogP contribution in [0.1, 0.15) is 61.4 Å². The number of hydrogen-bond donors (Lipinski definition) is 0. The molecule has 1 fully saturated rings.